The normalized spacial score (nSPS) is 10.3. The average molecular weight is 282 g/mol. The molecule has 3 nitrogen and oxygen atoms in total. The monoisotopic (exact) mass is 281 g/mol. The maximum absolute atomic E-state index is 13.4. The van der Waals surface area contributed by atoms with Crippen molar-refractivity contribution in [2.45, 2.75) is 0 Å². The highest BCUT2D eigenvalue weighted by molar-refractivity contribution is 6.33. The fourth-order valence-electron chi connectivity index (χ4n) is 1.83. The van der Waals surface area contributed by atoms with Gasteiger partial charge in [0.15, 0.2) is 11.5 Å². The predicted octanol–water partition coefficient (Wildman–Crippen LogP) is 3.75. The van der Waals surface area contributed by atoms with Gasteiger partial charge in [0.1, 0.15) is 5.82 Å². The van der Waals surface area contributed by atoms with Gasteiger partial charge in [-0.3, -0.25) is 0 Å². The number of anilines is 1. The summed E-state index contributed by atoms with van der Waals surface area (Å²) in [6.07, 6.45) is 0. The van der Waals surface area contributed by atoms with E-state index >= 15 is 0 Å². The van der Waals surface area contributed by atoms with Crippen LogP contribution in [0.15, 0.2) is 30.3 Å². The number of halogens is 2. The van der Waals surface area contributed by atoms with Crippen LogP contribution >= 0.6 is 11.6 Å². The van der Waals surface area contributed by atoms with Crippen LogP contribution in [0.4, 0.5) is 10.1 Å². The van der Waals surface area contributed by atoms with Crippen molar-refractivity contribution >= 4 is 17.3 Å². The molecule has 0 aliphatic heterocycles. The van der Waals surface area contributed by atoms with E-state index < -0.39 is 5.82 Å². The van der Waals surface area contributed by atoms with Crippen LogP contribution in [0.2, 0.25) is 5.02 Å². The van der Waals surface area contributed by atoms with Gasteiger partial charge in [0.2, 0.25) is 0 Å². The number of methoxy groups -OCH3 is 2. The molecule has 0 fully saturated rings. The van der Waals surface area contributed by atoms with E-state index in [0.29, 0.717) is 28.3 Å². The fraction of sp³-hybridized carbons (Fsp3) is 0.143. The Kier molecular flexibility index (Phi) is 3.81. The van der Waals surface area contributed by atoms with Gasteiger partial charge in [0.25, 0.3) is 0 Å². The van der Waals surface area contributed by atoms with Crippen molar-refractivity contribution < 1.29 is 13.9 Å². The number of nitrogens with two attached hydrogens (primary N) is 1. The van der Waals surface area contributed by atoms with Crippen molar-refractivity contribution in [2.75, 3.05) is 20.0 Å². The zero-order valence-electron chi connectivity index (χ0n) is 10.5. The minimum atomic E-state index is -0.441. The molecule has 19 heavy (non-hydrogen) atoms. The standard InChI is InChI=1S/C14H13ClFNO2/c1-18-12-4-3-8(5-13(12)19-2)10-6-9(16)7-11(15)14(10)17/h3-7H,17H2,1-2H3. The Hall–Kier alpha value is -1.94. The molecule has 0 bridgehead atoms. The molecule has 0 aliphatic rings. The molecule has 0 atom stereocenters. The van der Waals surface area contributed by atoms with Gasteiger partial charge in [-0.15, -0.1) is 0 Å². The Morgan fingerprint density at radius 3 is 2.37 bits per heavy atom. The Morgan fingerprint density at radius 2 is 1.74 bits per heavy atom. The Balaban J connectivity index is 2.59. The Bertz CT molecular complexity index is 617. The van der Waals surface area contributed by atoms with E-state index in [4.69, 9.17) is 26.8 Å². The van der Waals surface area contributed by atoms with E-state index in [9.17, 15) is 4.39 Å². The van der Waals surface area contributed by atoms with Crippen molar-refractivity contribution in [3.63, 3.8) is 0 Å². The molecule has 0 spiro atoms. The van der Waals surface area contributed by atoms with E-state index in [1.165, 1.54) is 19.2 Å². The summed E-state index contributed by atoms with van der Waals surface area (Å²) in [7, 11) is 3.08. The van der Waals surface area contributed by atoms with Gasteiger partial charge < -0.3 is 15.2 Å². The number of hydrogen-bond acceptors (Lipinski definition) is 3. The SMILES string of the molecule is COc1ccc(-c2cc(F)cc(Cl)c2N)cc1OC. The first kappa shape index (κ1) is 13.5. The van der Waals surface area contributed by atoms with E-state index in [0.717, 1.165) is 0 Å². The first-order chi connectivity index (χ1) is 9.06. The van der Waals surface area contributed by atoms with Crippen molar-refractivity contribution in [3.8, 4) is 22.6 Å². The maximum atomic E-state index is 13.4. The number of ether oxygens (including phenoxy) is 2. The molecular formula is C14H13ClFNO2. The minimum absolute atomic E-state index is 0.185. The van der Waals surface area contributed by atoms with Crippen LogP contribution in [-0.4, -0.2) is 14.2 Å². The molecule has 0 aromatic heterocycles. The van der Waals surface area contributed by atoms with Gasteiger partial charge >= 0.3 is 0 Å². The summed E-state index contributed by atoms with van der Waals surface area (Å²) >= 11 is 5.88. The van der Waals surface area contributed by atoms with E-state index in [-0.39, 0.29) is 5.02 Å². The molecule has 0 heterocycles. The number of hydrogen-bond donors (Lipinski definition) is 1. The summed E-state index contributed by atoms with van der Waals surface area (Å²) in [4.78, 5) is 0. The van der Waals surface area contributed by atoms with Crippen molar-refractivity contribution in [3.05, 3.63) is 41.2 Å². The van der Waals surface area contributed by atoms with Gasteiger partial charge in [-0.05, 0) is 29.8 Å². The molecule has 2 N–H and O–H groups in total. The molecule has 0 amide bonds. The zero-order chi connectivity index (χ0) is 14.0. The largest absolute Gasteiger partial charge is 0.493 e. The topological polar surface area (TPSA) is 44.5 Å². The molecule has 0 saturated carbocycles. The first-order valence-corrected chi connectivity index (χ1v) is 5.91. The molecule has 2 rings (SSSR count). The summed E-state index contributed by atoms with van der Waals surface area (Å²) in [5.74, 6) is 0.691. The van der Waals surface area contributed by atoms with Crippen LogP contribution in [0.5, 0.6) is 11.5 Å². The van der Waals surface area contributed by atoms with E-state index in [1.54, 1.807) is 25.3 Å². The third kappa shape index (κ3) is 2.58. The molecule has 0 saturated heterocycles. The number of nitrogen functional groups attached to an aromatic ring is 1. The first-order valence-electron chi connectivity index (χ1n) is 5.53. The van der Waals surface area contributed by atoms with Gasteiger partial charge in [-0.25, -0.2) is 4.39 Å². The third-order valence-electron chi connectivity index (χ3n) is 2.79. The Labute approximate surface area is 115 Å². The van der Waals surface area contributed by atoms with Gasteiger partial charge in [-0.1, -0.05) is 17.7 Å². The summed E-state index contributed by atoms with van der Waals surface area (Å²) in [5, 5.41) is 0.185. The van der Waals surface area contributed by atoms with Crippen molar-refractivity contribution in [2.24, 2.45) is 0 Å². The highest BCUT2D eigenvalue weighted by Gasteiger charge is 2.12. The average Bonchev–Trinajstić information content (AvgIpc) is 2.42. The lowest BCUT2D eigenvalue weighted by Gasteiger charge is -2.12. The van der Waals surface area contributed by atoms with Gasteiger partial charge in [-0.2, -0.15) is 0 Å². The smallest absolute Gasteiger partial charge is 0.161 e. The van der Waals surface area contributed by atoms with Crippen molar-refractivity contribution in [1.29, 1.82) is 0 Å². The third-order valence-corrected chi connectivity index (χ3v) is 3.10. The van der Waals surface area contributed by atoms with Crippen molar-refractivity contribution in [1.82, 2.24) is 0 Å². The van der Waals surface area contributed by atoms with E-state index in [1.807, 2.05) is 0 Å². The molecule has 5 heteroatoms. The quantitative estimate of drug-likeness (QED) is 0.872. The summed E-state index contributed by atoms with van der Waals surface area (Å²) in [5.41, 5.74) is 7.43. The lowest BCUT2D eigenvalue weighted by Crippen LogP contribution is -1.95. The molecule has 100 valence electrons. The molecular weight excluding hydrogens is 269 g/mol. The second-order valence-electron chi connectivity index (χ2n) is 3.92. The lowest BCUT2D eigenvalue weighted by molar-refractivity contribution is 0.355. The van der Waals surface area contributed by atoms with Crippen LogP contribution in [0, 0.1) is 5.82 Å². The predicted molar refractivity (Wildman–Crippen MR) is 74.4 cm³/mol. The number of benzene rings is 2. The van der Waals surface area contributed by atoms with Gasteiger partial charge in [0.05, 0.1) is 24.9 Å². The molecule has 2 aromatic rings. The van der Waals surface area contributed by atoms with Crippen LogP contribution in [0.25, 0.3) is 11.1 Å². The highest BCUT2D eigenvalue weighted by atomic mass is 35.5. The maximum Gasteiger partial charge on any atom is 0.161 e. The van der Waals surface area contributed by atoms with Crippen LogP contribution < -0.4 is 15.2 Å². The van der Waals surface area contributed by atoms with Crippen LogP contribution in [0.1, 0.15) is 0 Å². The number of rotatable bonds is 3. The van der Waals surface area contributed by atoms with Crippen LogP contribution in [0.3, 0.4) is 0 Å². The molecule has 2 aromatic carbocycles. The molecule has 0 radical (unpaired) electrons. The summed E-state index contributed by atoms with van der Waals surface area (Å²) in [6.45, 7) is 0. The lowest BCUT2D eigenvalue weighted by atomic mass is 10.0. The minimum Gasteiger partial charge on any atom is -0.493 e. The summed E-state index contributed by atoms with van der Waals surface area (Å²) in [6, 6.07) is 7.74. The molecule has 0 aliphatic carbocycles. The second kappa shape index (κ2) is 5.36. The van der Waals surface area contributed by atoms with E-state index in [2.05, 4.69) is 0 Å². The second-order valence-corrected chi connectivity index (χ2v) is 4.33. The Morgan fingerprint density at radius 1 is 1.05 bits per heavy atom. The zero-order valence-corrected chi connectivity index (χ0v) is 11.3. The summed E-state index contributed by atoms with van der Waals surface area (Å²) < 4.78 is 23.8. The molecule has 0 unspecified atom stereocenters. The fourth-order valence-corrected chi connectivity index (χ4v) is 2.03. The van der Waals surface area contributed by atoms with Crippen LogP contribution in [-0.2, 0) is 0 Å². The van der Waals surface area contributed by atoms with Gasteiger partial charge in [0, 0.05) is 5.56 Å². The highest BCUT2D eigenvalue weighted by Crippen LogP contribution is 2.37.